The van der Waals surface area contributed by atoms with Crippen molar-refractivity contribution < 1.29 is 27.5 Å². The third-order valence-electron chi connectivity index (χ3n) is 2.71. The minimum absolute atomic E-state index is 0.127. The van der Waals surface area contributed by atoms with Crippen molar-refractivity contribution in [2.45, 2.75) is 6.18 Å². The molecule has 3 rings (SSSR count). The molecule has 4 nitrogen and oxygen atoms in total. The molecule has 1 aromatic carbocycles. The molecule has 0 unspecified atom stereocenters. The first kappa shape index (κ1) is 16.0. The molecule has 0 aliphatic rings. The molecule has 0 radical (unpaired) electrons. The van der Waals surface area contributed by atoms with E-state index in [0.717, 1.165) is 16.3 Å². The maximum atomic E-state index is 13.7. The number of nitrogens with one attached hydrogen (secondary N) is 1. The summed E-state index contributed by atoms with van der Waals surface area (Å²) in [5.41, 5.74) is 1.25. The van der Waals surface area contributed by atoms with Crippen LogP contribution in [0, 0.1) is 5.82 Å². The van der Waals surface area contributed by atoms with Crippen molar-refractivity contribution in [1.82, 2.24) is 9.97 Å². The van der Waals surface area contributed by atoms with E-state index >= 15 is 0 Å². The fraction of sp³-hybridized carbons (Fsp3) is 0.0769. The first-order valence-electron chi connectivity index (χ1n) is 5.71. The molecular weight excluding hydrogens is 328 g/mol. The van der Waals surface area contributed by atoms with Gasteiger partial charge in [0.05, 0.1) is 22.3 Å². The molecule has 0 aliphatic carbocycles. The Kier molecular flexibility index (Phi) is 4.23. The van der Waals surface area contributed by atoms with Crippen molar-refractivity contribution in [3.63, 3.8) is 0 Å². The number of hydrogen-bond donors (Lipinski definition) is 2. The highest BCUT2D eigenvalue weighted by Gasteiger charge is 2.38. The Morgan fingerprint density at radius 2 is 1.86 bits per heavy atom. The summed E-state index contributed by atoms with van der Waals surface area (Å²) in [6.07, 6.45) is -1.73. The maximum Gasteiger partial charge on any atom is 0.490 e. The third-order valence-corrected chi connectivity index (χ3v) is 3.00. The van der Waals surface area contributed by atoms with Gasteiger partial charge in [-0.15, -0.1) is 0 Å². The van der Waals surface area contributed by atoms with E-state index < -0.39 is 18.0 Å². The van der Waals surface area contributed by atoms with Gasteiger partial charge in [0.25, 0.3) is 0 Å². The van der Waals surface area contributed by atoms with Gasteiger partial charge in [-0.3, -0.25) is 4.98 Å². The van der Waals surface area contributed by atoms with Gasteiger partial charge >= 0.3 is 12.1 Å². The number of alkyl halides is 3. The molecule has 0 fully saturated rings. The Morgan fingerprint density at radius 1 is 1.23 bits per heavy atom. The van der Waals surface area contributed by atoms with Gasteiger partial charge in [0.1, 0.15) is 0 Å². The molecule has 0 saturated heterocycles. The van der Waals surface area contributed by atoms with Crippen molar-refractivity contribution >= 4 is 39.4 Å². The van der Waals surface area contributed by atoms with Crippen LogP contribution < -0.4 is 0 Å². The van der Waals surface area contributed by atoms with Crippen LogP contribution >= 0.6 is 11.6 Å². The minimum Gasteiger partial charge on any atom is -0.475 e. The molecule has 116 valence electrons. The van der Waals surface area contributed by atoms with Gasteiger partial charge in [-0.25, -0.2) is 9.18 Å². The Balaban J connectivity index is 0.000000217. The van der Waals surface area contributed by atoms with Gasteiger partial charge in [-0.2, -0.15) is 13.2 Å². The standard InChI is InChI=1S/C11H6ClFN2.C2HF3O2/c12-8-2-1-7-6-3-4-14-5-9(6)15-11(7)10(8)13;3-2(4,5)1(6)7/h1-5,15H;(H,6,7). The Morgan fingerprint density at radius 3 is 2.45 bits per heavy atom. The highest BCUT2D eigenvalue weighted by Crippen LogP contribution is 2.29. The monoisotopic (exact) mass is 334 g/mol. The van der Waals surface area contributed by atoms with Crippen LogP contribution in [0.4, 0.5) is 17.6 Å². The second kappa shape index (κ2) is 5.80. The third kappa shape index (κ3) is 3.11. The highest BCUT2D eigenvalue weighted by atomic mass is 35.5. The molecule has 2 N–H and O–H groups in total. The van der Waals surface area contributed by atoms with Crippen LogP contribution in [0.2, 0.25) is 5.02 Å². The summed E-state index contributed by atoms with van der Waals surface area (Å²) in [4.78, 5) is 15.8. The van der Waals surface area contributed by atoms with Crippen LogP contribution in [-0.2, 0) is 4.79 Å². The summed E-state index contributed by atoms with van der Waals surface area (Å²) in [5.74, 6) is -3.17. The molecule has 0 amide bonds. The number of halogens is 5. The van der Waals surface area contributed by atoms with Crippen molar-refractivity contribution in [2.75, 3.05) is 0 Å². The number of nitrogens with zero attached hydrogens (tertiary/aromatic N) is 1. The van der Waals surface area contributed by atoms with Crippen LogP contribution in [0.3, 0.4) is 0 Å². The normalized spacial score (nSPS) is 11.3. The summed E-state index contributed by atoms with van der Waals surface area (Å²) in [5, 5.41) is 9.03. The number of aromatic nitrogens is 2. The van der Waals surface area contributed by atoms with Crippen molar-refractivity contribution in [3.8, 4) is 0 Å². The van der Waals surface area contributed by atoms with E-state index in [4.69, 9.17) is 21.5 Å². The molecule has 0 saturated carbocycles. The van der Waals surface area contributed by atoms with E-state index in [2.05, 4.69) is 9.97 Å². The zero-order valence-electron chi connectivity index (χ0n) is 10.6. The Hall–Kier alpha value is -2.35. The number of aromatic amines is 1. The molecule has 2 aromatic heterocycles. The van der Waals surface area contributed by atoms with E-state index in [1.165, 1.54) is 0 Å². The van der Waals surface area contributed by atoms with Crippen LogP contribution in [0.1, 0.15) is 0 Å². The first-order valence-corrected chi connectivity index (χ1v) is 6.09. The van der Waals surface area contributed by atoms with Crippen molar-refractivity contribution in [3.05, 3.63) is 41.4 Å². The minimum atomic E-state index is -5.08. The summed E-state index contributed by atoms with van der Waals surface area (Å²) < 4.78 is 45.4. The zero-order valence-corrected chi connectivity index (χ0v) is 11.3. The lowest BCUT2D eigenvalue weighted by atomic mass is 10.2. The molecule has 9 heteroatoms. The van der Waals surface area contributed by atoms with Gasteiger partial charge in [0.15, 0.2) is 5.82 Å². The van der Waals surface area contributed by atoms with E-state index in [0.29, 0.717) is 5.52 Å². The fourth-order valence-corrected chi connectivity index (χ4v) is 1.92. The number of carboxylic acid groups (broad SMARTS) is 1. The lowest BCUT2D eigenvalue weighted by Crippen LogP contribution is -2.21. The SMILES string of the molecule is Fc1c(Cl)ccc2c1[nH]c1cnccc12.O=C(O)C(F)(F)F. The lowest BCUT2D eigenvalue weighted by molar-refractivity contribution is -0.192. The maximum absolute atomic E-state index is 13.7. The quantitative estimate of drug-likeness (QED) is 0.607. The second-order valence-corrected chi connectivity index (χ2v) is 4.54. The summed E-state index contributed by atoms with van der Waals surface area (Å²) in [6.45, 7) is 0. The van der Waals surface area contributed by atoms with E-state index in [9.17, 15) is 17.6 Å². The van der Waals surface area contributed by atoms with Gasteiger partial charge in [0.2, 0.25) is 0 Å². The topological polar surface area (TPSA) is 66.0 Å². The predicted octanol–water partition coefficient (Wildman–Crippen LogP) is 4.14. The molecule has 0 spiro atoms. The largest absolute Gasteiger partial charge is 0.490 e. The average Bonchev–Trinajstić information content (AvgIpc) is 2.82. The van der Waals surface area contributed by atoms with Crippen LogP contribution in [0.25, 0.3) is 21.8 Å². The second-order valence-electron chi connectivity index (χ2n) is 4.13. The van der Waals surface area contributed by atoms with Gasteiger partial charge in [-0.1, -0.05) is 17.7 Å². The van der Waals surface area contributed by atoms with Crippen LogP contribution in [0.5, 0.6) is 0 Å². The number of aliphatic carboxylic acids is 1. The number of H-pyrrole nitrogens is 1. The number of carbonyl (C=O) groups is 1. The molecule has 0 atom stereocenters. The highest BCUT2D eigenvalue weighted by molar-refractivity contribution is 6.31. The van der Waals surface area contributed by atoms with E-state index in [1.807, 2.05) is 6.07 Å². The number of fused-ring (bicyclic) bond motifs is 3. The van der Waals surface area contributed by atoms with Crippen LogP contribution in [-0.4, -0.2) is 27.2 Å². The molecule has 0 aliphatic heterocycles. The number of carboxylic acids is 1. The van der Waals surface area contributed by atoms with Crippen molar-refractivity contribution in [2.24, 2.45) is 0 Å². The summed E-state index contributed by atoms with van der Waals surface area (Å²) in [6, 6.07) is 5.22. The fourth-order valence-electron chi connectivity index (χ4n) is 1.76. The van der Waals surface area contributed by atoms with Gasteiger partial charge < -0.3 is 10.1 Å². The molecule has 3 aromatic rings. The number of benzene rings is 1. The molecule has 22 heavy (non-hydrogen) atoms. The van der Waals surface area contributed by atoms with Crippen LogP contribution in [0.15, 0.2) is 30.6 Å². The Labute approximate surface area is 125 Å². The molecule has 0 bridgehead atoms. The summed E-state index contributed by atoms with van der Waals surface area (Å²) in [7, 11) is 0. The lowest BCUT2D eigenvalue weighted by Gasteiger charge is -1.94. The average molecular weight is 335 g/mol. The smallest absolute Gasteiger partial charge is 0.475 e. The number of hydrogen-bond acceptors (Lipinski definition) is 2. The van der Waals surface area contributed by atoms with E-state index in [1.54, 1.807) is 24.5 Å². The number of pyridine rings is 1. The summed E-state index contributed by atoms with van der Waals surface area (Å²) >= 11 is 5.70. The van der Waals surface area contributed by atoms with E-state index in [-0.39, 0.29) is 5.02 Å². The molecular formula is C13H7ClF4N2O2. The van der Waals surface area contributed by atoms with Gasteiger partial charge in [-0.05, 0) is 12.1 Å². The first-order chi connectivity index (χ1) is 10.2. The van der Waals surface area contributed by atoms with Gasteiger partial charge in [0, 0.05) is 17.0 Å². The Bertz CT molecular complexity index is 845. The number of rotatable bonds is 0. The molecule has 2 heterocycles. The van der Waals surface area contributed by atoms with Crippen molar-refractivity contribution in [1.29, 1.82) is 0 Å². The zero-order chi connectivity index (χ0) is 16.5. The predicted molar refractivity (Wildman–Crippen MR) is 72.3 cm³/mol.